The zero-order valence-electron chi connectivity index (χ0n) is 15.2. The van der Waals surface area contributed by atoms with E-state index in [0.29, 0.717) is 5.69 Å². The molecule has 1 aliphatic rings. The van der Waals surface area contributed by atoms with Gasteiger partial charge in [-0.3, -0.25) is 19.3 Å². The zero-order valence-corrected chi connectivity index (χ0v) is 16.0. The summed E-state index contributed by atoms with van der Waals surface area (Å²) in [5.74, 6) is -0.208. The number of fused-ring (bicyclic) bond motifs is 2. The molecule has 3 aromatic carbocycles. The SMILES string of the molecule is O=c1[nH]c(=S)n(-c2cccc3ccccc23)c(O)c1/C=C1/C=Nc2ccccc21. The molecule has 0 amide bonds. The summed E-state index contributed by atoms with van der Waals surface area (Å²) in [7, 11) is 0. The molecule has 6 heteroatoms. The summed E-state index contributed by atoms with van der Waals surface area (Å²) in [6.07, 6.45) is 3.33. The van der Waals surface area contributed by atoms with Gasteiger partial charge in [-0.1, -0.05) is 54.6 Å². The van der Waals surface area contributed by atoms with Crippen molar-refractivity contribution in [1.29, 1.82) is 0 Å². The number of hydrogen-bond donors (Lipinski definition) is 2. The first-order valence-corrected chi connectivity index (χ1v) is 9.46. The first-order chi connectivity index (χ1) is 14.1. The van der Waals surface area contributed by atoms with Crippen molar-refractivity contribution in [2.75, 3.05) is 0 Å². The van der Waals surface area contributed by atoms with Crippen molar-refractivity contribution in [2.45, 2.75) is 0 Å². The maximum atomic E-state index is 12.6. The van der Waals surface area contributed by atoms with Gasteiger partial charge in [0.05, 0.1) is 11.4 Å². The van der Waals surface area contributed by atoms with Gasteiger partial charge in [0.15, 0.2) is 4.77 Å². The van der Waals surface area contributed by atoms with Crippen molar-refractivity contribution in [1.82, 2.24) is 9.55 Å². The minimum Gasteiger partial charge on any atom is -0.494 e. The zero-order chi connectivity index (χ0) is 20.0. The molecule has 0 bridgehead atoms. The Bertz CT molecular complexity index is 1460. The normalized spacial score (nSPS) is 13.9. The van der Waals surface area contributed by atoms with Crippen molar-refractivity contribution >= 4 is 46.5 Å². The first kappa shape index (κ1) is 17.3. The van der Waals surface area contributed by atoms with Gasteiger partial charge in [0.25, 0.3) is 5.56 Å². The topological polar surface area (TPSA) is 70.4 Å². The molecule has 29 heavy (non-hydrogen) atoms. The highest BCUT2D eigenvalue weighted by Gasteiger charge is 2.17. The number of aromatic amines is 1. The van der Waals surface area contributed by atoms with Crippen LogP contribution in [0.5, 0.6) is 5.88 Å². The Kier molecular flexibility index (Phi) is 4.00. The lowest BCUT2D eigenvalue weighted by Crippen LogP contribution is -2.16. The molecule has 0 saturated carbocycles. The summed E-state index contributed by atoms with van der Waals surface area (Å²) in [6, 6.07) is 21.2. The van der Waals surface area contributed by atoms with Crippen LogP contribution in [0.25, 0.3) is 28.1 Å². The maximum absolute atomic E-state index is 12.6. The lowest BCUT2D eigenvalue weighted by atomic mass is 10.0. The number of allylic oxidation sites excluding steroid dienone is 1. The third kappa shape index (κ3) is 2.81. The van der Waals surface area contributed by atoms with E-state index < -0.39 is 5.56 Å². The van der Waals surface area contributed by atoms with E-state index in [4.69, 9.17) is 12.2 Å². The van der Waals surface area contributed by atoms with Crippen molar-refractivity contribution in [3.8, 4) is 11.6 Å². The summed E-state index contributed by atoms with van der Waals surface area (Å²) in [6.45, 7) is 0. The van der Waals surface area contributed by atoms with Crippen LogP contribution in [-0.2, 0) is 0 Å². The Morgan fingerprint density at radius 2 is 1.76 bits per heavy atom. The average Bonchev–Trinajstić information content (AvgIpc) is 3.14. The van der Waals surface area contributed by atoms with Gasteiger partial charge in [0.2, 0.25) is 5.88 Å². The highest BCUT2D eigenvalue weighted by Crippen LogP contribution is 2.33. The van der Waals surface area contributed by atoms with E-state index in [1.807, 2.05) is 66.7 Å². The number of benzene rings is 3. The molecule has 0 saturated heterocycles. The van der Waals surface area contributed by atoms with Crippen LogP contribution in [-0.4, -0.2) is 20.9 Å². The first-order valence-electron chi connectivity index (χ1n) is 9.05. The molecule has 0 fully saturated rings. The molecule has 2 heterocycles. The quantitative estimate of drug-likeness (QED) is 0.467. The number of H-pyrrole nitrogens is 1. The van der Waals surface area contributed by atoms with Crippen LogP contribution in [0.4, 0.5) is 5.69 Å². The third-order valence-corrected chi connectivity index (χ3v) is 5.27. The predicted octanol–water partition coefficient (Wildman–Crippen LogP) is 5.01. The molecule has 0 unspecified atom stereocenters. The molecule has 1 aromatic heterocycles. The van der Waals surface area contributed by atoms with Gasteiger partial charge >= 0.3 is 0 Å². The largest absolute Gasteiger partial charge is 0.494 e. The molecule has 1 aliphatic heterocycles. The fourth-order valence-electron chi connectivity index (χ4n) is 3.60. The van der Waals surface area contributed by atoms with Crippen LogP contribution in [0.15, 0.2) is 76.5 Å². The summed E-state index contributed by atoms with van der Waals surface area (Å²) in [5.41, 5.74) is 2.87. The van der Waals surface area contributed by atoms with Gasteiger partial charge < -0.3 is 5.11 Å². The minimum absolute atomic E-state index is 0.129. The van der Waals surface area contributed by atoms with Crippen LogP contribution in [0.3, 0.4) is 0 Å². The second-order valence-corrected chi connectivity index (χ2v) is 7.09. The van der Waals surface area contributed by atoms with Crippen molar-refractivity contribution in [3.05, 3.63) is 93.0 Å². The van der Waals surface area contributed by atoms with Crippen LogP contribution < -0.4 is 5.56 Å². The molecule has 0 radical (unpaired) electrons. The molecular formula is C23H15N3O2S. The van der Waals surface area contributed by atoms with Gasteiger partial charge in [0, 0.05) is 22.7 Å². The minimum atomic E-state index is -0.450. The second kappa shape index (κ2) is 6.68. The van der Waals surface area contributed by atoms with E-state index in [0.717, 1.165) is 27.6 Å². The average molecular weight is 397 g/mol. The van der Waals surface area contributed by atoms with E-state index in [9.17, 15) is 9.90 Å². The van der Waals surface area contributed by atoms with Gasteiger partial charge in [-0.15, -0.1) is 0 Å². The molecule has 0 spiro atoms. The van der Waals surface area contributed by atoms with Crippen molar-refractivity contribution in [2.24, 2.45) is 4.99 Å². The van der Waals surface area contributed by atoms with E-state index in [2.05, 4.69) is 9.98 Å². The Labute approximate surface area is 170 Å². The lowest BCUT2D eigenvalue weighted by molar-refractivity contribution is 0.432. The Balaban J connectivity index is 1.77. The number of nitrogens with one attached hydrogen (secondary N) is 1. The molecule has 5 rings (SSSR count). The fraction of sp³-hybridized carbons (Fsp3) is 0. The number of rotatable bonds is 2. The Morgan fingerprint density at radius 3 is 2.66 bits per heavy atom. The number of aliphatic imine (C=N–C) groups is 1. The lowest BCUT2D eigenvalue weighted by Gasteiger charge is -2.14. The van der Waals surface area contributed by atoms with Gasteiger partial charge in [-0.25, -0.2) is 0 Å². The van der Waals surface area contributed by atoms with Crippen molar-refractivity contribution in [3.63, 3.8) is 0 Å². The molecule has 4 aromatic rings. The predicted molar refractivity (Wildman–Crippen MR) is 119 cm³/mol. The molecule has 0 atom stereocenters. The molecule has 5 nitrogen and oxygen atoms in total. The van der Waals surface area contributed by atoms with Gasteiger partial charge in [-0.05, 0) is 35.8 Å². The number of para-hydroxylation sites is 1. The number of hydrogen-bond acceptors (Lipinski definition) is 4. The van der Waals surface area contributed by atoms with E-state index in [-0.39, 0.29) is 16.2 Å². The summed E-state index contributed by atoms with van der Waals surface area (Å²) < 4.78 is 1.62. The smallest absolute Gasteiger partial charge is 0.262 e. The molecular weight excluding hydrogens is 382 g/mol. The van der Waals surface area contributed by atoms with Gasteiger partial charge in [0.1, 0.15) is 5.56 Å². The van der Waals surface area contributed by atoms with E-state index >= 15 is 0 Å². The highest BCUT2D eigenvalue weighted by atomic mass is 32.1. The summed E-state index contributed by atoms with van der Waals surface area (Å²) in [4.78, 5) is 19.7. The number of aromatic nitrogens is 2. The third-order valence-electron chi connectivity index (χ3n) is 4.99. The van der Waals surface area contributed by atoms with Crippen LogP contribution in [0.2, 0.25) is 0 Å². The molecule has 140 valence electrons. The standard InChI is InChI=1S/C23H15N3O2S/c27-21-18(12-15-13-24-19-10-4-3-8-16(15)19)22(28)26(23(29)25-21)20-11-5-7-14-6-1-2-9-17(14)20/h1-13,28H,(H,25,27,29)/b15-12-. The van der Waals surface area contributed by atoms with Crippen LogP contribution >= 0.6 is 12.2 Å². The fourth-order valence-corrected chi connectivity index (χ4v) is 3.88. The Hall–Kier alpha value is -3.77. The maximum Gasteiger partial charge on any atom is 0.262 e. The Morgan fingerprint density at radius 1 is 1.00 bits per heavy atom. The monoisotopic (exact) mass is 397 g/mol. The van der Waals surface area contributed by atoms with Crippen LogP contribution in [0, 0.1) is 4.77 Å². The van der Waals surface area contributed by atoms with Crippen molar-refractivity contribution < 1.29 is 5.11 Å². The second-order valence-electron chi connectivity index (χ2n) is 6.71. The molecule has 0 aliphatic carbocycles. The summed E-state index contributed by atoms with van der Waals surface area (Å²) >= 11 is 5.38. The van der Waals surface area contributed by atoms with Crippen LogP contribution in [0.1, 0.15) is 11.1 Å². The number of nitrogens with zero attached hydrogens (tertiary/aromatic N) is 2. The summed E-state index contributed by atoms with van der Waals surface area (Å²) in [5, 5.41) is 13.0. The number of aromatic hydroxyl groups is 1. The van der Waals surface area contributed by atoms with E-state index in [1.165, 1.54) is 4.57 Å². The highest BCUT2D eigenvalue weighted by molar-refractivity contribution is 7.71. The van der Waals surface area contributed by atoms with Gasteiger partial charge in [-0.2, -0.15) is 0 Å². The van der Waals surface area contributed by atoms with E-state index in [1.54, 1.807) is 12.3 Å². The molecule has 2 N–H and O–H groups in total.